The number of hydrogen-bond acceptors (Lipinski definition) is 4. The number of ether oxygens (including phenoxy) is 1. The predicted octanol–water partition coefficient (Wildman–Crippen LogP) is 3.81. The van der Waals surface area contributed by atoms with Crippen molar-refractivity contribution in [1.29, 1.82) is 0 Å². The lowest BCUT2D eigenvalue weighted by Gasteiger charge is -2.23. The fourth-order valence-corrected chi connectivity index (χ4v) is 3.57. The highest BCUT2D eigenvalue weighted by atomic mass is 35.5. The summed E-state index contributed by atoms with van der Waals surface area (Å²) in [5, 5.41) is 6.49. The second kappa shape index (κ2) is 11.7. The van der Waals surface area contributed by atoms with E-state index in [2.05, 4.69) is 24.5 Å². The minimum absolute atomic E-state index is 0. The van der Waals surface area contributed by atoms with Crippen LogP contribution in [0.15, 0.2) is 24.3 Å². The molecular weight excluding hydrogens is 356 g/mol. The number of thioether (sulfide) groups is 1. The van der Waals surface area contributed by atoms with Crippen LogP contribution in [0.25, 0.3) is 0 Å². The highest BCUT2D eigenvalue weighted by Crippen LogP contribution is 2.19. The maximum Gasteiger partial charge on any atom is 0.222 e. The molecule has 1 aromatic rings. The van der Waals surface area contributed by atoms with Gasteiger partial charge in [0, 0.05) is 30.5 Å². The molecule has 2 rings (SSSR count). The van der Waals surface area contributed by atoms with Gasteiger partial charge in [-0.3, -0.25) is 4.79 Å². The minimum atomic E-state index is 0. The van der Waals surface area contributed by atoms with Crippen LogP contribution in [0, 0.1) is 5.92 Å². The maximum absolute atomic E-state index is 12.2. The molecule has 2 unspecified atom stereocenters. The number of halogens is 1. The zero-order valence-electron chi connectivity index (χ0n) is 15.4. The highest BCUT2D eigenvalue weighted by molar-refractivity contribution is 7.99. The maximum atomic E-state index is 12.2. The van der Waals surface area contributed by atoms with Crippen LogP contribution in [0.2, 0.25) is 0 Å². The molecule has 0 bridgehead atoms. The molecule has 0 radical (unpaired) electrons. The number of carbonyl (C=O) groups excluding carboxylic acids is 1. The normalized spacial score (nSPS) is 18.3. The Hall–Kier alpha value is -0.910. The average Bonchev–Trinajstić information content (AvgIpc) is 2.56. The van der Waals surface area contributed by atoms with Gasteiger partial charge in [-0.1, -0.05) is 26.0 Å². The Morgan fingerprint density at radius 3 is 2.64 bits per heavy atom. The molecule has 25 heavy (non-hydrogen) atoms. The summed E-state index contributed by atoms with van der Waals surface area (Å²) in [5.74, 6) is 3.81. The van der Waals surface area contributed by atoms with Crippen molar-refractivity contribution in [1.82, 2.24) is 10.6 Å². The average molecular weight is 387 g/mol. The third-order valence-corrected chi connectivity index (χ3v) is 5.28. The highest BCUT2D eigenvalue weighted by Gasteiger charge is 2.18. The van der Waals surface area contributed by atoms with Crippen molar-refractivity contribution in [2.24, 2.45) is 5.92 Å². The summed E-state index contributed by atoms with van der Waals surface area (Å²) in [7, 11) is 0. The van der Waals surface area contributed by atoms with Gasteiger partial charge >= 0.3 is 0 Å². The largest absolute Gasteiger partial charge is 0.494 e. The van der Waals surface area contributed by atoms with Gasteiger partial charge in [-0.2, -0.15) is 11.8 Å². The zero-order valence-corrected chi connectivity index (χ0v) is 17.1. The first-order valence-corrected chi connectivity index (χ1v) is 10.0. The van der Waals surface area contributed by atoms with E-state index in [-0.39, 0.29) is 24.4 Å². The molecule has 0 aromatic heterocycles. The molecule has 1 saturated heterocycles. The van der Waals surface area contributed by atoms with Crippen LogP contribution in [0.3, 0.4) is 0 Å². The van der Waals surface area contributed by atoms with E-state index in [0.717, 1.165) is 42.4 Å². The standard InChI is InChI=1S/C19H30N2O2S.ClH/c1-14(2)8-10-23-18-6-4-16(5-7-18)15(3)21-19(22)12-17-13-24-11-9-20-17;/h4-7,14-15,17,20H,8-13H2,1-3H3,(H,21,22);1H. The number of rotatable bonds is 8. The predicted molar refractivity (Wildman–Crippen MR) is 109 cm³/mol. The van der Waals surface area contributed by atoms with Crippen molar-refractivity contribution in [3.05, 3.63) is 29.8 Å². The fraction of sp³-hybridized carbons (Fsp3) is 0.632. The molecule has 1 aromatic carbocycles. The van der Waals surface area contributed by atoms with Crippen molar-refractivity contribution in [2.45, 2.75) is 45.7 Å². The Morgan fingerprint density at radius 2 is 2.04 bits per heavy atom. The summed E-state index contributed by atoms with van der Waals surface area (Å²) in [5.41, 5.74) is 1.10. The van der Waals surface area contributed by atoms with Crippen molar-refractivity contribution in [2.75, 3.05) is 24.7 Å². The van der Waals surface area contributed by atoms with Gasteiger partial charge in [0.25, 0.3) is 0 Å². The Balaban J connectivity index is 0.00000312. The Morgan fingerprint density at radius 1 is 1.32 bits per heavy atom. The molecule has 2 N–H and O–H groups in total. The number of nitrogens with one attached hydrogen (secondary N) is 2. The summed E-state index contributed by atoms with van der Waals surface area (Å²) in [6.07, 6.45) is 1.61. The van der Waals surface area contributed by atoms with Crippen LogP contribution >= 0.6 is 24.2 Å². The second-order valence-electron chi connectivity index (χ2n) is 6.82. The number of hydrogen-bond donors (Lipinski definition) is 2. The number of benzene rings is 1. The summed E-state index contributed by atoms with van der Waals surface area (Å²) in [4.78, 5) is 12.2. The molecule has 4 nitrogen and oxygen atoms in total. The van der Waals surface area contributed by atoms with Crippen LogP contribution in [-0.2, 0) is 4.79 Å². The SMILES string of the molecule is CC(C)CCOc1ccc(C(C)NC(=O)CC2CSCCN2)cc1.Cl. The topological polar surface area (TPSA) is 50.4 Å². The van der Waals surface area contributed by atoms with Gasteiger partial charge in [0.1, 0.15) is 5.75 Å². The second-order valence-corrected chi connectivity index (χ2v) is 7.97. The van der Waals surface area contributed by atoms with E-state index >= 15 is 0 Å². The molecule has 142 valence electrons. The molecule has 2 atom stereocenters. The summed E-state index contributed by atoms with van der Waals surface area (Å²) in [6.45, 7) is 8.15. The monoisotopic (exact) mass is 386 g/mol. The van der Waals surface area contributed by atoms with Crippen LogP contribution < -0.4 is 15.4 Å². The third kappa shape index (κ3) is 8.34. The molecule has 0 aliphatic carbocycles. The Labute approximate surface area is 162 Å². The zero-order chi connectivity index (χ0) is 17.4. The van der Waals surface area contributed by atoms with Crippen molar-refractivity contribution < 1.29 is 9.53 Å². The Bertz CT molecular complexity index is 505. The minimum Gasteiger partial charge on any atom is -0.494 e. The van der Waals surface area contributed by atoms with E-state index in [1.807, 2.05) is 43.0 Å². The lowest BCUT2D eigenvalue weighted by Crippen LogP contribution is -2.41. The first kappa shape index (κ1) is 22.1. The van der Waals surface area contributed by atoms with Gasteiger partial charge in [0.05, 0.1) is 12.6 Å². The van der Waals surface area contributed by atoms with Crippen LogP contribution in [-0.4, -0.2) is 36.6 Å². The van der Waals surface area contributed by atoms with E-state index in [4.69, 9.17) is 4.74 Å². The molecule has 1 heterocycles. The van der Waals surface area contributed by atoms with Gasteiger partial charge in [-0.05, 0) is 37.0 Å². The first-order valence-electron chi connectivity index (χ1n) is 8.88. The summed E-state index contributed by atoms with van der Waals surface area (Å²) in [6, 6.07) is 8.34. The lowest BCUT2D eigenvalue weighted by atomic mass is 10.1. The third-order valence-electron chi connectivity index (χ3n) is 4.15. The van der Waals surface area contributed by atoms with E-state index in [1.54, 1.807) is 0 Å². The molecule has 1 aliphatic rings. The molecule has 1 fully saturated rings. The molecule has 1 aliphatic heterocycles. The number of amides is 1. The molecule has 0 spiro atoms. The van der Waals surface area contributed by atoms with E-state index in [1.165, 1.54) is 0 Å². The quantitative estimate of drug-likeness (QED) is 0.713. The molecule has 6 heteroatoms. The summed E-state index contributed by atoms with van der Waals surface area (Å²) < 4.78 is 5.74. The van der Waals surface area contributed by atoms with Gasteiger partial charge in [0.15, 0.2) is 0 Å². The Kier molecular flexibility index (Phi) is 10.3. The van der Waals surface area contributed by atoms with Crippen LogP contribution in [0.1, 0.15) is 45.2 Å². The molecular formula is C19H31ClN2O2S. The van der Waals surface area contributed by atoms with Crippen LogP contribution in [0.4, 0.5) is 0 Å². The van der Waals surface area contributed by atoms with Crippen molar-refractivity contribution in [3.63, 3.8) is 0 Å². The molecule has 1 amide bonds. The van der Waals surface area contributed by atoms with Gasteiger partial charge in [-0.25, -0.2) is 0 Å². The lowest BCUT2D eigenvalue weighted by molar-refractivity contribution is -0.122. The first-order chi connectivity index (χ1) is 11.5. The van der Waals surface area contributed by atoms with Gasteiger partial charge in [0.2, 0.25) is 5.91 Å². The van der Waals surface area contributed by atoms with Crippen LogP contribution in [0.5, 0.6) is 5.75 Å². The van der Waals surface area contributed by atoms with Crippen molar-refractivity contribution >= 4 is 30.1 Å². The summed E-state index contributed by atoms with van der Waals surface area (Å²) >= 11 is 1.91. The fourth-order valence-electron chi connectivity index (χ4n) is 2.62. The van der Waals surface area contributed by atoms with E-state index in [0.29, 0.717) is 18.4 Å². The molecule has 0 saturated carbocycles. The smallest absolute Gasteiger partial charge is 0.222 e. The van der Waals surface area contributed by atoms with Gasteiger partial charge in [-0.15, -0.1) is 12.4 Å². The van der Waals surface area contributed by atoms with E-state index in [9.17, 15) is 4.79 Å². The van der Waals surface area contributed by atoms with E-state index < -0.39 is 0 Å². The van der Waals surface area contributed by atoms with Gasteiger partial charge < -0.3 is 15.4 Å². The number of carbonyl (C=O) groups is 1. The van der Waals surface area contributed by atoms with Crippen molar-refractivity contribution in [3.8, 4) is 5.75 Å².